The highest BCUT2D eigenvalue weighted by Gasteiger charge is 2.37. The Morgan fingerprint density at radius 1 is 1.60 bits per heavy atom. The van der Waals surface area contributed by atoms with Crippen LogP contribution in [0.2, 0.25) is 0 Å². The molecule has 0 amide bonds. The topological polar surface area (TPSA) is 62.8 Å². The average Bonchev–Trinajstić information content (AvgIpc) is 2.49. The standard InChI is InChI=1S/C9H13BrN2O2S/c1-9(7-5-11-8(10)12-7)3-2-4-15(13,14)6-9/h5H,2-4,6H2,1H3,(H,11,12). The van der Waals surface area contributed by atoms with Gasteiger partial charge in [-0.3, -0.25) is 0 Å². The number of halogens is 1. The second-order valence-electron chi connectivity index (χ2n) is 4.34. The molecule has 1 N–H and O–H groups in total. The lowest BCUT2D eigenvalue weighted by atomic mass is 9.84. The number of hydrogen-bond donors (Lipinski definition) is 1. The van der Waals surface area contributed by atoms with Crippen molar-refractivity contribution >= 4 is 25.8 Å². The summed E-state index contributed by atoms with van der Waals surface area (Å²) in [7, 11) is -2.89. The Morgan fingerprint density at radius 3 is 2.87 bits per heavy atom. The van der Waals surface area contributed by atoms with E-state index in [0.717, 1.165) is 18.5 Å². The first kappa shape index (κ1) is 11.1. The van der Waals surface area contributed by atoms with Gasteiger partial charge >= 0.3 is 0 Å². The van der Waals surface area contributed by atoms with Crippen LogP contribution in [-0.2, 0) is 15.3 Å². The molecule has 1 aromatic heterocycles. The predicted octanol–water partition coefficient (Wildman–Crippen LogP) is 1.64. The number of rotatable bonds is 1. The molecule has 15 heavy (non-hydrogen) atoms. The van der Waals surface area contributed by atoms with Crippen molar-refractivity contribution in [2.24, 2.45) is 0 Å². The van der Waals surface area contributed by atoms with Gasteiger partial charge in [-0.15, -0.1) is 0 Å². The normalized spacial score (nSPS) is 30.3. The number of H-pyrrole nitrogens is 1. The minimum absolute atomic E-state index is 0.217. The van der Waals surface area contributed by atoms with Crippen LogP contribution in [-0.4, -0.2) is 29.9 Å². The highest BCUT2D eigenvalue weighted by Crippen LogP contribution is 2.34. The fourth-order valence-electron chi connectivity index (χ4n) is 2.13. The Bertz CT molecular complexity index is 468. The predicted molar refractivity (Wildman–Crippen MR) is 61.5 cm³/mol. The Kier molecular flexibility index (Phi) is 2.66. The molecule has 2 rings (SSSR count). The van der Waals surface area contributed by atoms with Crippen LogP contribution >= 0.6 is 15.9 Å². The van der Waals surface area contributed by atoms with Gasteiger partial charge < -0.3 is 4.98 Å². The SMILES string of the molecule is CC1(c2cnc(Br)[nH]2)CCCS(=O)(=O)C1. The quantitative estimate of drug-likeness (QED) is 0.856. The molecule has 2 heterocycles. The van der Waals surface area contributed by atoms with Crippen LogP contribution in [0.1, 0.15) is 25.5 Å². The zero-order valence-corrected chi connectivity index (χ0v) is 10.9. The second kappa shape index (κ2) is 3.59. The summed E-state index contributed by atoms with van der Waals surface area (Å²) in [4.78, 5) is 7.12. The zero-order valence-electron chi connectivity index (χ0n) is 8.46. The van der Waals surface area contributed by atoms with Gasteiger partial charge in [0.1, 0.15) is 0 Å². The number of hydrogen-bond acceptors (Lipinski definition) is 3. The maximum Gasteiger partial charge on any atom is 0.174 e. The second-order valence-corrected chi connectivity index (χ2v) is 7.28. The molecule has 0 saturated carbocycles. The first-order chi connectivity index (χ1) is 6.91. The summed E-state index contributed by atoms with van der Waals surface area (Å²) >= 11 is 3.24. The largest absolute Gasteiger partial charge is 0.336 e. The lowest BCUT2D eigenvalue weighted by Crippen LogP contribution is -2.37. The molecule has 0 spiro atoms. The Labute approximate surface area is 97.5 Å². The van der Waals surface area contributed by atoms with Crippen LogP contribution in [0.5, 0.6) is 0 Å². The molecule has 0 aromatic carbocycles. The first-order valence-electron chi connectivity index (χ1n) is 4.83. The molecule has 0 aliphatic carbocycles. The lowest BCUT2D eigenvalue weighted by molar-refractivity contribution is 0.436. The monoisotopic (exact) mass is 292 g/mol. The molecule has 4 nitrogen and oxygen atoms in total. The fraction of sp³-hybridized carbons (Fsp3) is 0.667. The van der Waals surface area contributed by atoms with Crippen molar-refractivity contribution in [2.45, 2.75) is 25.2 Å². The number of sulfone groups is 1. The van der Waals surface area contributed by atoms with Crippen molar-refractivity contribution in [3.63, 3.8) is 0 Å². The van der Waals surface area contributed by atoms with Gasteiger partial charge in [0.05, 0.1) is 11.5 Å². The van der Waals surface area contributed by atoms with Crippen molar-refractivity contribution in [2.75, 3.05) is 11.5 Å². The summed E-state index contributed by atoms with van der Waals surface area (Å²) in [6, 6.07) is 0. The number of aromatic amines is 1. The molecule has 0 radical (unpaired) electrons. The van der Waals surface area contributed by atoms with E-state index in [1.54, 1.807) is 6.20 Å². The third kappa shape index (κ3) is 2.25. The van der Waals surface area contributed by atoms with Crippen molar-refractivity contribution in [1.82, 2.24) is 9.97 Å². The average molecular weight is 293 g/mol. The van der Waals surface area contributed by atoms with Gasteiger partial charge in [0.2, 0.25) is 0 Å². The highest BCUT2D eigenvalue weighted by atomic mass is 79.9. The van der Waals surface area contributed by atoms with Gasteiger partial charge in [-0.05, 0) is 28.8 Å². The van der Waals surface area contributed by atoms with Crippen LogP contribution in [0.25, 0.3) is 0 Å². The van der Waals surface area contributed by atoms with E-state index in [1.165, 1.54) is 0 Å². The maximum atomic E-state index is 11.6. The third-order valence-electron chi connectivity index (χ3n) is 2.92. The molecular weight excluding hydrogens is 280 g/mol. The van der Waals surface area contributed by atoms with E-state index in [0.29, 0.717) is 10.5 Å². The van der Waals surface area contributed by atoms with Crippen LogP contribution in [0.4, 0.5) is 0 Å². The van der Waals surface area contributed by atoms with Gasteiger partial charge in [0, 0.05) is 17.3 Å². The molecule has 1 aromatic rings. The maximum absolute atomic E-state index is 11.6. The fourth-order valence-corrected chi connectivity index (χ4v) is 4.44. The van der Waals surface area contributed by atoms with Gasteiger partial charge in [-0.2, -0.15) is 0 Å². The number of nitrogens with one attached hydrogen (secondary N) is 1. The minimum Gasteiger partial charge on any atom is -0.336 e. The van der Waals surface area contributed by atoms with Gasteiger partial charge in [-0.25, -0.2) is 13.4 Å². The summed E-state index contributed by atoms with van der Waals surface area (Å²) in [6.45, 7) is 1.98. The smallest absolute Gasteiger partial charge is 0.174 e. The number of nitrogens with zero attached hydrogens (tertiary/aromatic N) is 1. The molecule has 1 aliphatic rings. The van der Waals surface area contributed by atoms with Crippen molar-refractivity contribution in [3.05, 3.63) is 16.6 Å². The molecule has 84 valence electrons. The van der Waals surface area contributed by atoms with E-state index >= 15 is 0 Å². The van der Waals surface area contributed by atoms with Crippen LogP contribution in [0.3, 0.4) is 0 Å². The Balaban J connectivity index is 2.34. The van der Waals surface area contributed by atoms with Crippen molar-refractivity contribution < 1.29 is 8.42 Å². The van der Waals surface area contributed by atoms with E-state index in [-0.39, 0.29) is 11.2 Å². The summed E-state index contributed by atoms with van der Waals surface area (Å²) < 4.78 is 23.9. The van der Waals surface area contributed by atoms with Gasteiger partial charge in [0.25, 0.3) is 0 Å². The molecule has 0 bridgehead atoms. The molecule has 1 fully saturated rings. The lowest BCUT2D eigenvalue weighted by Gasteiger charge is -2.31. The van der Waals surface area contributed by atoms with E-state index in [2.05, 4.69) is 25.9 Å². The van der Waals surface area contributed by atoms with E-state index < -0.39 is 9.84 Å². The van der Waals surface area contributed by atoms with Crippen LogP contribution in [0, 0.1) is 0 Å². The van der Waals surface area contributed by atoms with Crippen LogP contribution < -0.4 is 0 Å². The summed E-state index contributed by atoms with van der Waals surface area (Å²) in [5, 5.41) is 0. The van der Waals surface area contributed by atoms with Gasteiger partial charge in [-0.1, -0.05) is 6.92 Å². The number of imidazole rings is 1. The van der Waals surface area contributed by atoms with E-state index in [1.807, 2.05) is 6.92 Å². The summed E-state index contributed by atoms with van der Waals surface area (Å²) in [5.74, 6) is 0.534. The van der Waals surface area contributed by atoms with Gasteiger partial charge in [0.15, 0.2) is 14.6 Å². The molecule has 1 saturated heterocycles. The van der Waals surface area contributed by atoms with Crippen molar-refractivity contribution in [3.8, 4) is 0 Å². The zero-order chi connectivity index (χ0) is 11.1. The third-order valence-corrected chi connectivity index (χ3v) is 5.31. The number of aromatic nitrogens is 2. The highest BCUT2D eigenvalue weighted by molar-refractivity contribution is 9.10. The summed E-state index contributed by atoms with van der Waals surface area (Å²) in [5.41, 5.74) is 0.591. The Morgan fingerprint density at radius 2 is 2.33 bits per heavy atom. The minimum atomic E-state index is -2.89. The first-order valence-corrected chi connectivity index (χ1v) is 7.44. The summed E-state index contributed by atoms with van der Waals surface area (Å²) in [6.07, 6.45) is 3.33. The Hall–Kier alpha value is -0.360. The van der Waals surface area contributed by atoms with E-state index in [4.69, 9.17) is 0 Å². The van der Waals surface area contributed by atoms with E-state index in [9.17, 15) is 8.42 Å². The molecule has 1 atom stereocenters. The molecular formula is C9H13BrN2O2S. The van der Waals surface area contributed by atoms with Crippen LogP contribution in [0.15, 0.2) is 10.9 Å². The molecule has 6 heteroatoms. The molecule has 1 aliphatic heterocycles. The van der Waals surface area contributed by atoms with Crippen molar-refractivity contribution in [1.29, 1.82) is 0 Å². The molecule has 1 unspecified atom stereocenters.